The number of hydrogen-bond donors (Lipinski definition) is 2. The van der Waals surface area contributed by atoms with Crippen LogP contribution < -0.4 is 10.1 Å². The number of rotatable bonds is 13. The molecular weight excluding hydrogens is 454 g/mol. The second kappa shape index (κ2) is 13.8. The number of carbonyl (C=O) groups is 2. The van der Waals surface area contributed by atoms with E-state index in [0.29, 0.717) is 18.7 Å². The Kier molecular flexibility index (Phi) is 11.2. The van der Waals surface area contributed by atoms with Gasteiger partial charge in [0.25, 0.3) is 0 Å². The fourth-order valence-electron chi connectivity index (χ4n) is 3.66. The first-order chi connectivity index (χ1) is 17.0. The maximum absolute atomic E-state index is 12.0. The van der Waals surface area contributed by atoms with Crippen molar-refractivity contribution in [2.24, 2.45) is 5.92 Å². The molecule has 36 heavy (non-hydrogen) atoms. The molecule has 0 saturated heterocycles. The lowest BCUT2D eigenvalue weighted by Gasteiger charge is -2.19. The number of carbonyl (C=O) groups excluding carboxylic acids is 1. The van der Waals surface area contributed by atoms with Crippen molar-refractivity contribution < 1.29 is 24.2 Å². The Morgan fingerprint density at radius 3 is 2.50 bits per heavy atom. The summed E-state index contributed by atoms with van der Waals surface area (Å²) in [5, 5.41) is 12.8. The van der Waals surface area contributed by atoms with Gasteiger partial charge in [-0.2, -0.15) is 0 Å². The minimum atomic E-state index is -0.895. The molecule has 1 unspecified atom stereocenters. The predicted octanol–water partition coefficient (Wildman–Crippen LogP) is 6.48. The van der Waals surface area contributed by atoms with Crippen molar-refractivity contribution in [3.63, 3.8) is 0 Å². The van der Waals surface area contributed by atoms with Crippen LogP contribution in [-0.2, 0) is 20.9 Å². The summed E-state index contributed by atoms with van der Waals surface area (Å²) < 4.78 is 11.5. The standard InChI is InChI=1S/C30H41NO5/c1-7-9-15-35-27-18-22(17-26(29(33)34)21(3)8-2)13-14-25(27)24-12-10-11-23(16-24)19-31-20-28(32)36-30(4,5)6/h10-14,16-18,21,31H,7-9,15,19-20H2,1-6H3,(H,33,34). The Bertz CT molecular complexity index is 1050. The third-order valence-electron chi connectivity index (χ3n) is 5.73. The maximum Gasteiger partial charge on any atom is 0.331 e. The summed E-state index contributed by atoms with van der Waals surface area (Å²) in [6, 6.07) is 13.9. The van der Waals surface area contributed by atoms with E-state index in [0.717, 1.165) is 47.3 Å². The monoisotopic (exact) mass is 495 g/mol. The van der Waals surface area contributed by atoms with Crippen LogP contribution in [0.4, 0.5) is 0 Å². The van der Waals surface area contributed by atoms with Gasteiger partial charge in [0.2, 0.25) is 0 Å². The van der Waals surface area contributed by atoms with Gasteiger partial charge in [0.15, 0.2) is 0 Å². The van der Waals surface area contributed by atoms with E-state index in [2.05, 4.69) is 18.3 Å². The molecule has 2 rings (SSSR count). The molecule has 0 fully saturated rings. The zero-order valence-corrected chi connectivity index (χ0v) is 22.5. The molecule has 2 aromatic rings. The molecule has 0 heterocycles. The number of carboxylic acid groups (broad SMARTS) is 1. The van der Waals surface area contributed by atoms with Gasteiger partial charge in [-0.3, -0.25) is 4.79 Å². The fraction of sp³-hybridized carbons (Fsp3) is 0.467. The van der Waals surface area contributed by atoms with Gasteiger partial charge < -0.3 is 19.9 Å². The van der Waals surface area contributed by atoms with Crippen molar-refractivity contribution in [2.75, 3.05) is 13.2 Å². The molecule has 2 aromatic carbocycles. The van der Waals surface area contributed by atoms with Gasteiger partial charge in [-0.15, -0.1) is 0 Å². The van der Waals surface area contributed by atoms with Crippen molar-refractivity contribution in [1.29, 1.82) is 0 Å². The highest BCUT2D eigenvalue weighted by molar-refractivity contribution is 5.93. The first-order valence-corrected chi connectivity index (χ1v) is 12.8. The molecule has 0 saturated carbocycles. The number of esters is 1. The summed E-state index contributed by atoms with van der Waals surface area (Å²) >= 11 is 0. The third kappa shape index (κ3) is 9.50. The number of carboxylic acids is 1. The lowest BCUT2D eigenvalue weighted by molar-refractivity contribution is -0.153. The van der Waals surface area contributed by atoms with Gasteiger partial charge in [-0.1, -0.05) is 57.5 Å². The summed E-state index contributed by atoms with van der Waals surface area (Å²) in [6.45, 7) is 12.8. The van der Waals surface area contributed by atoms with Crippen LogP contribution in [0.25, 0.3) is 17.2 Å². The van der Waals surface area contributed by atoms with Crippen LogP contribution in [0.1, 0.15) is 71.9 Å². The highest BCUT2D eigenvalue weighted by Gasteiger charge is 2.17. The lowest BCUT2D eigenvalue weighted by Crippen LogP contribution is -2.31. The average molecular weight is 496 g/mol. The molecule has 196 valence electrons. The first-order valence-electron chi connectivity index (χ1n) is 12.8. The normalized spacial score (nSPS) is 12.8. The average Bonchev–Trinajstić information content (AvgIpc) is 2.81. The van der Waals surface area contributed by atoms with E-state index in [9.17, 15) is 14.7 Å². The summed E-state index contributed by atoms with van der Waals surface area (Å²) in [5.74, 6) is -0.498. The summed E-state index contributed by atoms with van der Waals surface area (Å²) in [6.07, 6.45) is 4.45. The molecule has 1 atom stereocenters. The third-order valence-corrected chi connectivity index (χ3v) is 5.73. The van der Waals surface area contributed by atoms with E-state index >= 15 is 0 Å². The van der Waals surface area contributed by atoms with E-state index in [-0.39, 0.29) is 18.4 Å². The van der Waals surface area contributed by atoms with Crippen LogP contribution in [0.3, 0.4) is 0 Å². The Balaban J connectivity index is 2.29. The molecule has 2 N–H and O–H groups in total. The smallest absolute Gasteiger partial charge is 0.331 e. The zero-order chi connectivity index (χ0) is 26.7. The van der Waals surface area contributed by atoms with Crippen molar-refractivity contribution in [3.8, 4) is 16.9 Å². The van der Waals surface area contributed by atoms with Gasteiger partial charge in [-0.25, -0.2) is 4.79 Å². The van der Waals surface area contributed by atoms with E-state index in [4.69, 9.17) is 9.47 Å². The number of unbranched alkanes of at least 4 members (excludes halogenated alkanes) is 1. The van der Waals surface area contributed by atoms with Crippen LogP contribution in [0, 0.1) is 5.92 Å². The SMILES string of the molecule is CCCCOc1cc(C=C(C(=O)O)C(C)CC)ccc1-c1cccc(CNCC(=O)OC(C)(C)C)c1. The Hall–Kier alpha value is -3.12. The van der Waals surface area contributed by atoms with Gasteiger partial charge in [-0.05, 0) is 74.4 Å². The Morgan fingerprint density at radius 1 is 1.11 bits per heavy atom. The lowest BCUT2D eigenvalue weighted by atomic mass is 9.95. The molecule has 0 radical (unpaired) electrons. The van der Waals surface area contributed by atoms with Crippen LogP contribution in [0.2, 0.25) is 0 Å². The Labute approximate surface area is 215 Å². The fourth-order valence-corrected chi connectivity index (χ4v) is 3.66. The molecule has 0 amide bonds. The second-order valence-corrected chi connectivity index (χ2v) is 10.1. The maximum atomic E-state index is 12.0. The summed E-state index contributed by atoms with van der Waals surface area (Å²) in [7, 11) is 0. The highest BCUT2D eigenvalue weighted by atomic mass is 16.6. The van der Waals surface area contributed by atoms with Gasteiger partial charge in [0, 0.05) is 17.7 Å². The van der Waals surface area contributed by atoms with Crippen LogP contribution in [0.5, 0.6) is 5.75 Å². The predicted molar refractivity (Wildman–Crippen MR) is 145 cm³/mol. The first kappa shape index (κ1) is 29.1. The largest absolute Gasteiger partial charge is 0.493 e. The second-order valence-electron chi connectivity index (χ2n) is 10.1. The van der Waals surface area contributed by atoms with Gasteiger partial charge in [0.1, 0.15) is 11.4 Å². The van der Waals surface area contributed by atoms with Crippen molar-refractivity contribution in [3.05, 3.63) is 59.2 Å². The molecule has 6 heteroatoms. The van der Waals surface area contributed by atoms with E-state index in [1.54, 1.807) is 6.08 Å². The van der Waals surface area contributed by atoms with E-state index < -0.39 is 11.6 Å². The summed E-state index contributed by atoms with van der Waals surface area (Å²) in [4.78, 5) is 23.8. The number of nitrogens with one attached hydrogen (secondary N) is 1. The number of hydrogen-bond acceptors (Lipinski definition) is 5. The molecule has 6 nitrogen and oxygen atoms in total. The number of ether oxygens (including phenoxy) is 2. The van der Waals surface area contributed by atoms with Crippen LogP contribution >= 0.6 is 0 Å². The molecule has 0 aromatic heterocycles. The van der Waals surface area contributed by atoms with Crippen LogP contribution in [0.15, 0.2) is 48.0 Å². The van der Waals surface area contributed by atoms with Crippen LogP contribution in [-0.4, -0.2) is 35.8 Å². The summed E-state index contributed by atoms with van der Waals surface area (Å²) in [5.41, 5.74) is 3.66. The highest BCUT2D eigenvalue weighted by Crippen LogP contribution is 2.33. The van der Waals surface area contributed by atoms with Gasteiger partial charge >= 0.3 is 11.9 Å². The molecule has 0 aliphatic carbocycles. The molecule has 0 aliphatic rings. The minimum absolute atomic E-state index is 0.0449. The molecule has 0 aliphatic heterocycles. The molecular formula is C30H41NO5. The van der Waals surface area contributed by atoms with E-state index in [1.165, 1.54) is 0 Å². The van der Waals surface area contributed by atoms with Crippen molar-refractivity contribution >= 4 is 18.0 Å². The number of benzene rings is 2. The number of aliphatic carboxylic acids is 1. The quantitative estimate of drug-likeness (QED) is 0.188. The van der Waals surface area contributed by atoms with Crippen molar-refractivity contribution in [1.82, 2.24) is 5.32 Å². The minimum Gasteiger partial charge on any atom is -0.493 e. The topological polar surface area (TPSA) is 84.9 Å². The Morgan fingerprint density at radius 2 is 1.86 bits per heavy atom. The van der Waals surface area contributed by atoms with Crippen molar-refractivity contribution in [2.45, 2.75) is 73.0 Å². The molecule has 0 spiro atoms. The zero-order valence-electron chi connectivity index (χ0n) is 22.5. The molecule has 0 bridgehead atoms. The van der Waals surface area contributed by atoms with Gasteiger partial charge in [0.05, 0.1) is 13.2 Å². The van der Waals surface area contributed by atoms with E-state index in [1.807, 2.05) is 71.0 Å².